The summed E-state index contributed by atoms with van der Waals surface area (Å²) in [5.74, 6) is -0.319. The van der Waals surface area contributed by atoms with E-state index in [1.54, 1.807) is 0 Å². The number of methoxy groups -OCH3 is 1. The van der Waals surface area contributed by atoms with Crippen molar-refractivity contribution in [1.82, 2.24) is 10.3 Å². The Bertz CT molecular complexity index is 513. The van der Waals surface area contributed by atoms with Crippen molar-refractivity contribution in [2.24, 2.45) is 0 Å². The molecule has 0 bridgehead atoms. The lowest BCUT2D eigenvalue weighted by Gasteiger charge is -2.12. The number of alkyl halides is 3. The molecule has 0 saturated heterocycles. The molecule has 0 saturated carbocycles. The van der Waals surface area contributed by atoms with Gasteiger partial charge in [-0.1, -0.05) is 0 Å². The van der Waals surface area contributed by atoms with Gasteiger partial charge in [-0.3, -0.25) is 9.59 Å². The number of carbonyl (C=O) groups is 1. The van der Waals surface area contributed by atoms with Crippen molar-refractivity contribution >= 4 is 26.5 Å². The number of pyridine rings is 1. The van der Waals surface area contributed by atoms with Crippen LogP contribution < -0.4 is 15.5 Å². The number of rotatable bonds is 3. The lowest BCUT2D eigenvalue weighted by molar-refractivity contribution is -0.141. The maximum atomic E-state index is 12.4. The number of H-pyrrole nitrogens is 1. The van der Waals surface area contributed by atoms with Gasteiger partial charge < -0.3 is 15.0 Å². The van der Waals surface area contributed by atoms with Crippen LogP contribution in [0.15, 0.2) is 10.9 Å². The summed E-state index contributed by atoms with van der Waals surface area (Å²) in [6.07, 6.45) is -4.67. The van der Waals surface area contributed by atoms with E-state index in [4.69, 9.17) is 0 Å². The first-order valence-corrected chi connectivity index (χ1v) is 5.64. The van der Waals surface area contributed by atoms with E-state index >= 15 is 0 Å². The molecule has 0 aliphatic heterocycles. The second-order valence-electron chi connectivity index (χ2n) is 3.18. The molecule has 5 nitrogen and oxygen atoms in total. The van der Waals surface area contributed by atoms with E-state index in [0.717, 1.165) is 7.11 Å². The zero-order valence-electron chi connectivity index (χ0n) is 9.02. The third-order valence-electron chi connectivity index (χ3n) is 2.01. The first-order valence-electron chi connectivity index (χ1n) is 4.56. The zero-order valence-corrected chi connectivity index (χ0v) is 11.2. The minimum absolute atomic E-state index is 0.0736. The summed E-state index contributed by atoms with van der Waals surface area (Å²) >= 11 is 1.44. The molecule has 9 heteroatoms. The second kappa shape index (κ2) is 5.59. The summed E-state index contributed by atoms with van der Waals surface area (Å²) in [5, 5.41) is 2.30. The fraction of sp³-hybridized carbons (Fsp3) is 0.333. The van der Waals surface area contributed by atoms with Gasteiger partial charge in [-0.2, -0.15) is 13.2 Å². The summed E-state index contributed by atoms with van der Waals surface area (Å²) in [5.41, 5.74) is -2.13. The van der Waals surface area contributed by atoms with Crippen molar-refractivity contribution in [3.63, 3.8) is 0 Å². The van der Waals surface area contributed by atoms with Gasteiger partial charge in [-0.05, 0) is 0 Å². The van der Waals surface area contributed by atoms with Gasteiger partial charge in [0.2, 0.25) is 0 Å². The van der Waals surface area contributed by atoms with Gasteiger partial charge in [0.1, 0.15) is 5.69 Å². The van der Waals surface area contributed by atoms with Gasteiger partial charge in [0.25, 0.3) is 3.91 Å². The largest absolute Gasteiger partial charge is 0.482 e. The third kappa shape index (κ3) is 3.62. The van der Waals surface area contributed by atoms with Crippen LogP contribution in [0.25, 0.3) is 0 Å². The highest BCUT2D eigenvalue weighted by Crippen LogP contribution is 2.28. The molecule has 1 aromatic heterocycles. The van der Waals surface area contributed by atoms with Gasteiger partial charge in [-0.15, -0.1) is 0 Å². The lowest BCUT2D eigenvalue weighted by atomic mass is 10.2. The molecular weight excluding hydrogens is 368 g/mol. The Morgan fingerprint density at radius 3 is 2.61 bits per heavy atom. The molecule has 0 atom stereocenters. The van der Waals surface area contributed by atoms with Gasteiger partial charge in [0.15, 0.2) is 11.3 Å². The minimum atomic E-state index is -4.67. The molecule has 1 aromatic rings. The number of carbonyl (C=O) groups excluding carboxylic acids is 1. The molecule has 100 valence electrons. The highest BCUT2D eigenvalue weighted by atomic mass is 127. The van der Waals surface area contributed by atoms with E-state index in [2.05, 4.69) is 10.1 Å². The van der Waals surface area contributed by atoms with E-state index in [9.17, 15) is 22.8 Å². The Hall–Kier alpha value is -1.26. The van der Waals surface area contributed by atoms with Crippen LogP contribution in [0.2, 0.25) is 0 Å². The predicted molar refractivity (Wildman–Crippen MR) is 64.9 cm³/mol. The number of amides is 1. The molecule has 0 radical (unpaired) electrons. The summed E-state index contributed by atoms with van der Waals surface area (Å²) < 4.78 is 41.5. The van der Waals surface area contributed by atoms with Gasteiger partial charge in [0, 0.05) is 28.7 Å². The maximum Gasteiger partial charge on any atom is 0.431 e. The van der Waals surface area contributed by atoms with Crippen LogP contribution in [0.5, 0.6) is 5.88 Å². The molecule has 1 rings (SSSR count). The smallest absolute Gasteiger partial charge is 0.431 e. The topological polar surface area (TPSA) is 71.2 Å². The molecule has 0 spiro atoms. The van der Waals surface area contributed by atoms with E-state index in [1.165, 1.54) is 22.6 Å². The average molecular weight is 376 g/mol. The molecule has 0 unspecified atom stereocenters. The quantitative estimate of drug-likeness (QED) is 0.482. The fourth-order valence-electron chi connectivity index (χ4n) is 1.22. The zero-order chi connectivity index (χ0) is 13.9. The molecular formula is C9H8F3IN2O3. The van der Waals surface area contributed by atoms with Crippen LogP contribution in [0.1, 0.15) is 11.3 Å². The number of nitrogens with one attached hydrogen (secondary N) is 2. The van der Waals surface area contributed by atoms with Crippen LogP contribution >= 0.6 is 22.6 Å². The van der Waals surface area contributed by atoms with Crippen molar-refractivity contribution in [3.05, 3.63) is 27.5 Å². The summed E-state index contributed by atoms with van der Waals surface area (Å²) in [6, 6.07) is 0.428. The first kappa shape index (κ1) is 14.8. The molecule has 0 fully saturated rings. The predicted octanol–water partition coefficient (Wildman–Crippen LogP) is 2.05. The number of halogens is 4. The van der Waals surface area contributed by atoms with Crippen LogP contribution in [-0.2, 0) is 12.7 Å². The number of hydrogen-bond donors (Lipinski definition) is 2. The molecule has 18 heavy (non-hydrogen) atoms. The standard InChI is InChI=1S/C9H8F3IN2O3/c1-18-7-4(3-14-8(13)17)5(16)2-6(15-7)9(10,11)12/h2H,3H2,1H3,(H,14,17)(H,15,16). The van der Waals surface area contributed by atoms with Crippen molar-refractivity contribution in [2.45, 2.75) is 12.7 Å². The molecule has 1 amide bonds. The minimum Gasteiger partial charge on any atom is -0.482 e. The second-order valence-corrected chi connectivity index (χ2v) is 4.16. The Kier molecular flexibility index (Phi) is 4.59. The average Bonchev–Trinajstić information content (AvgIpc) is 2.24. The molecule has 1 heterocycles. The van der Waals surface area contributed by atoms with Crippen LogP contribution in [0.3, 0.4) is 0 Å². The normalized spacial score (nSPS) is 11.2. The SMILES string of the molecule is COc1[nH]c(C(F)(F)F)cc(=O)c1CNC(=O)I. The first-order chi connectivity index (χ1) is 8.25. The van der Waals surface area contributed by atoms with E-state index in [0.29, 0.717) is 6.07 Å². The van der Waals surface area contributed by atoms with Crippen LogP contribution in [-0.4, -0.2) is 16.0 Å². The van der Waals surface area contributed by atoms with Gasteiger partial charge in [0.05, 0.1) is 19.2 Å². The van der Waals surface area contributed by atoms with Crippen molar-refractivity contribution in [1.29, 1.82) is 0 Å². The molecule has 0 aliphatic rings. The lowest BCUT2D eigenvalue weighted by Crippen LogP contribution is -2.24. The summed E-state index contributed by atoms with van der Waals surface area (Å²) in [4.78, 5) is 24.2. The van der Waals surface area contributed by atoms with Crippen molar-refractivity contribution in [2.75, 3.05) is 7.11 Å². The molecule has 0 aromatic carbocycles. The van der Waals surface area contributed by atoms with Gasteiger partial charge in [-0.25, -0.2) is 0 Å². The Labute approximate surface area is 113 Å². The summed E-state index contributed by atoms with van der Waals surface area (Å²) in [7, 11) is 1.13. The Morgan fingerprint density at radius 1 is 1.56 bits per heavy atom. The highest BCUT2D eigenvalue weighted by molar-refractivity contribution is 14.1. The summed E-state index contributed by atoms with van der Waals surface area (Å²) in [6.45, 7) is -0.210. The number of aromatic nitrogens is 1. The highest BCUT2D eigenvalue weighted by Gasteiger charge is 2.33. The van der Waals surface area contributed by atoms with Crippen LogP contribution in [0.4, 0.5) is 18.0 Å². The van der Waals surface area contributed by atoms with E-state index in [1.807, 2.05) is 4.98 Å². The maximum absolute atomic E-state index is 12.4. The number of aromatic amines is 1. The Morgan fingerprint density at radius 2 is 2.17 bits per heavy atom. The van der Waals surface area contributed by atoms with Crippen LogP contribution in [0, 0.1) is 0 Å². The fourth-order valence-corrected chi connectivity index (χ4v) is 1.41. The number of ether oxygens (including phenoxy) is 1. The number of hydrogen-bond acceptors (Lipinski definition) is 3. The van der Waals surface area contributed by atoms with E-state index in [-0.39, 0.29) is 18.0 Å². The third-order valence-corrected chi connectivity index (χ3v) is 2.39. The monoisotopic (exact) mass is 376 g/mol. The van der Waals surface area contributed by atoms with Crippen molar-refractivity contribution in [3.8, 4) is 5.88 Å². The van der Waals surface area contributed by atoms with E-state index < -0.39 is 21.2 Å². The van der Waals surface area contributed by atoms with Gasteiger partial charge >= 0.3 is 6.18 Å². The van der Waals surface area contributed by atoms with Crippen molar-refractivity contribution < 1.29 is 22.7 Å². The molecule has 0 aliphatic carbocycles. The molecule has 2 N–H and O–H groups in total. The Balaban J connectivity index is 3.21.